The van der Waals surface area contributed by atoms with E-state index in [2.05, 4.69) is 0 Å². The Morgan fingerprint density at radius 3 is 2.26 bits per heavy atom. The highest BCUT2D eigenvalue weighted by atomic mass is 35.5. The fraction of sp³-hybridized carbons (Fsp3) is 0.429. The second-order valence-electron chi connectivity index (χ2n) is 3.08. The van der Waals surface area contributed by atoms with Gasteiger partial charge in [-0.1, -0.05) is 46.4 Å². The van der Waals surface area contributed by atoms with Gasteiger partial charge < -0.3 is 0 Å². The Morgan fingerprint density at radius 1 is 1.37 bits per heavy atom. The molecule has 1 heterocycles. The number of alkyl halides is 4. The molecule has 0 spiro atoms. The second-order valence-corrected chi connectivity index (χ2v) is 12.3. The molecule has 0 radical (unpaired) electrons. The fourth-order valence-corrected chi connectivity index (χ4v) is 7.11. The smallest absolute Gasteiger partial charge is 0.262 e. The van der Waals surface area contributed by atoms with E-state index in [1.54, 1.807) is 0 Å². The first-order valence-electron chi connectivity index (χ1n) is 4.27. The molecule has 0 fully saturated rings. The molecular weight excluding hydrogens is 439 g/mol. The van der Waals surface area contributed by atoms with Gasteiger partial charge in [-0.15, -0.1) is 34.5 Å². The van der Waals surface area contributed by atoms with Crippen LogP contribution in [0.1, 0.15) is 0 Å². The Labute approximate surface area is 148 Å². The van der Waals surface area contributed by atoms with E-state index >= 15 is 0 Å². The second kappa shape index (κ2) is 6.75. The summed E-state index contributed by atoms with van der Waals surface area (Å²) in [5.74, 6) is 0. The van der Waals surface area contributed by atoms with Gasteiger partial charge in [-0.2, -0.15) is 8.42 Å². The van der Waals surface area contributed by atoms with Crippen LogP contribution in [-0.4, -0.2) is 24.0 Å². The van der Waals surface area contributed by atoms with E-state index in [1.165, 1.54) is 13.1 Å². The SMILES string of the molecule is CN(c1cc(Cl)sc1Cl)S(=O)(=O)SC(Cl)(Cl)C(Cl)Cl. The lowest BCUT2D eigenvalue weighted by Gasteiger charge is -2.24. The van der Waals surface area contributed by atoms with Crippen molar-refractivity contribution < 1.29 is 8.42 Å². The predicted molar refractivity (Wildman–Crippen MR) is 89.2 cm³/mol. The summed E-state index contributed by atoms with van der Waals surface area (Å²) in [6.07, 6.45) is 0. The number of hydrogen-bond donors (Lipinski definition) is 0. The number of anilines is 1. The molecular formula is C7H5Cl6NO2S3. The lowest BCUT2D eigenvalue weighted by Crippen LogP contribution is -2.29. The van der Waals surface area contributed by atoms with Gasteiger partial charge >= 0.3 is 0 Å². The monoisotopic (exact) mass is 441 g/mol. The van der Waals surface area contributed by atoms with E-state index < -0.39 is 17.6 Å². The molecule has 1 rings (SSSR count). The van der Waals surface area contributed by atoms with Crippen LogP contribution in [0.2, 0.25) is 8.67 Å². The maximum atomic E-state index is 12.1. The van der Waals surface area contributed by atoms with Gasteiger partial charge in [0.15, 0.2) is 4.84 Å². The van der Waals surface area contributed by atoms with E-state index in [4.69, 9.17) is 69.6 Å². The topological polar surface area (TPSA) is 37.4 Å². The van der Waals surface area contributed by atoms with E-state index in [0.29, 0.717) is 4.34 Å². The Morgan fingerprint density at radius 2 is 1.89 bits per heavy atom. The van der Waals surface area contributed by atoms with Crippen LogP contribution < -0.4 is 4.31 Å². The third kappa shape index (κ3) is 4.76. The summed E-state index contributed by atoms with van der Waals surface area (Å²) in [6.45, 7) is 0. The van der Waals surface area contributed by atoms with Crippen LogP contribution in [-0.2, 0) is 9.06 Å². The first-order valence-corrected chi connectivity index (χ1v) is 10.2. The lowest BCUT2D eigenvalue weighted by atomic mass is 10.5. The molecule has 0 N–H and O–H groups in total. The van der Waals surface area contributed by atoms with Crippen LogP contribution in [0, 0.1) is 0 Å². The van der Waals surface area contributed by atoms with Crippen molar-refractivity contribution >= 4 is 106 Å². The maximum Gasteiger partial charge on any atom is 0.291 e. The van der Waals surface area contributed by atoms with Crippen molar-refractivity contribution in [3.8, 4) is 0 Å². The van der Waals surface area contributed by atoms with E-state index in [-0.39, 0.29) is 20.8 Å². The van der Waals surface area contributed by atoms with E-state index in [0.717, 1.165) is 15.6 Å². The summed E-state index contributed by atoms with van der Waals surface area (Å²) in [5.41, 5.74) is 0.217. The van der Waals surface area contributed by atoms with Gasteiger partial charge in [0.1, 0.15) is 4.34 Å². The van der Waals surface area contributed by atoms with Crippen LogP contribution in [0.4, 0.5) is 5.69 Å². The highest BCUT2D eigenvalue weighted by molar-refractivity contribution is 8.73. The molecule has 3 nitrogen and oxygen atoms in total. The van der Waals surface area contributed by atoms with Gasteiger partial charge in [-0.25, -0.2) is 0 Å². The number of rotatable bonds is 5. The molecule has 0 bridgehead atoms. The van der Waals surface area contributed by atoms with E-state index in [1.807, 2.05) is 0 Å². The van der Waals surface area contributed by atoms with Crippen LogP contribution in [0.25, 0.3) is 0 Å². The normalized spacial score (nSPS) is 13.1. The first kappa shape index (κ1) is 18.6. The van der Waals surface area contributed by atoms with Crippen molar-refractivity contribution in [2.45, 2.75) is 8.50 Å². The van der Waals surface area contributed by atoms with Gasteiger partial charge in [0.25, 0.3) is 9.06 Å². The summed E-state index contributed by atoms with van der Waals surface area (Å²) in [4.78, 5) is -1.30. The van der Waals surface area contributed by atoms with Crippen LogP contribution in [0.5, 0.6) is 0 Å². The Kier molecular flexibility index (Phi) is 6.61. The molecule has 0 atom stereocenters. The minimum atomic E-state index is -3.94. The minimum absolute atomic E-state index is 0.201. The zero-order valence-electron chi connectivity index (χ0n) is 8.91. The fourth-order valence-electron chi connectivity index (χ4n) is 0.899. The molecule has 0 saturated carbocycles. The van der Waals surface area contributed by atoms with Crippen molar-refractivity contribution in [1.82, 2.24) is 0 Å². The van der Waals surface area contributed by atoms with Gasteiger partial charge in [0.2, 0.25) is 3.67 Å². The quantitative estimate of drug-likeness (QED) is 0.451. The maximum absolute atomic E-state index is 12.1. The van der Waals surface area contributed by atoms with Crippen LogP contribution in [0.15, 0.2) is 6.07 Å². The molecule has 0 aliphatic carbocycles. The van der Waals surface area contributed by atoms with Gasteiger partial charge in [0.05, 0.1) is 10.0 Å². The third-order valence-corrected chi connectivity index (χ3v) is 9.69. The number of halogens is 6. The molecule has 12 heteroatoms. The van der Waals surface area contributed by atoms with E-state index in [9.17, 15) is 8.42 Å². The highest BCUT2D eigenvalue weighted by Crippen LogP contribution is 2.48. The molecule has 0 aromatic carbocycles. The Bertz CT molecular complexity index is 557. The summed E-state index contributed by atoms with van der Waals surface area (Å²) in [5, 5.41) is 0. The van der Waals surface area contributed by atoms with Crippen molar-refractivity contribution in [1.29, 1.82) is 0 Å². The third-order valence-electron chi connectivity index (χ3n) is 1.78. The highest BCUT2D eigenvalue weighted by Gasteiger charge is 2.41. The van der Waals surface area contributed by atoms with Gasteiger partial charge in [-0.3, -0.25) is 4.31 Å². The van der Waals surface area contributed by atoms with Crippen molar-refractivity contribution in [3.05, 3.63) is 14.7 Å². The summed E-state index contributed by atoms with van der Waals surface area (Å²) >= 11 is 35.2. The average Bonchev–Trinajstić information content (AvgIpc) is 2.54. The Balaban J connectivity index is 3.05. The molecule has 0 aliphatic heterocycles. The number of hydrogen-bond acceptors (Lipinski definition) is 4. The molecule has 0 aliphatic rings. The zero-order chi connectivity index (χ0) is 15.0. The standard InChI is InChI=1S/C7H5Cl6NO2S3/c1-14(3-2-4(8)17-5(3)9)19(15,16)18-7(12,13)6(10)11/h2,6H,1H3. The summed E-state index contributed by atoms with van der Waals surface area (Å²) < 4.78 is 23.8. The van der Waals surface area contributed by atoms with Gasteiger partial charge in [0, 0.05) is 17.8 Å². The zero-order valence-corrected chi connectivity index (χ0v) is 15.9. The molecule has 1 aromatic heterocycles. The van der Waals surface area contributed by atoms with Crippen LogP contribution in [0.3, 0.4) is 0 Å². The summed E-state index contributed by atoms with van der Waals surface area (Å²) in [6, 6.07) is 1.41. The minimum Gasteiger partial charge on any atom is -0.262 e. The number of nitrogens with zero attached hydrogens (tertiary/aromatic N) is 1. The average molecular weight is 444 g/mol. The first-order chi connectivity index (χ1) is 8.47. The molecule has 0 amide bonds. The van der Waals surface area contributed by atoms with Crippen LogP contribution >= 0.6 is 91.7 Å². The Hall–Kier alpha value is 1.54. The molecule has 19 heavy (non-hydrogen) atoms. The van der Waals surface area contributed by atoms with Crippen molar-refractivity contribution in [2.75, 3.05) is 11.4 Å². The van der Waals surface area contributed by atoms with Gasteiger partial charge in [-0.05, 0) is 6.07 Å². The predicted octanol–water partition coefficient (Wildman–Crippen LogP) is 5.40. The molecule has 110 valence electrons. The van der Waals surface area contributed by atoms with Crippen molar-refractivity contribution in [2.24, 2.45) is 0 Å². The largest absolute Gasteiger partial charge is 0.291 e. The molecule has 1 aromatic rings. The number of thiophene rings is 1. The summed E-state index contributed by atoms with van der Waals surface area (Å²) in [7, 11) is -2.46. The molecule has 0 saturated heterocycles. The van der Waals surface area contributed by atoms with Crippen molar-refractivity contribution in [3.63, 3.8) is 0 Å². The lowest BCUT2D eigenvalue weighted by molar-refractivity contribution is 0.609. The molecule has 0 unspecified atom stereocenters.